The summed E-state index contributed by atoms with van der Waals surface area (Å²) in [5.74, 6) is -0.873. The van der Waals surface area contributed by atoms with E-state index < -0.39 is 5.82 Å². The van der Waals surface area contributed by atoms with Crippen molar-refractivity contribution in [2.45, 2.75) is 13.8 Å². The molecule has 3 nitrogen and oxygen atoms in total. The molecular formula is C16H17FN2O. The first-order chi connectivity index (χ1) is 9.52. The van der Waals surface area contributed by atoms with Gasteiger partial charge >= 0.3 is 0 Å². The lowest BCUT2D eigenvalue weighted by Crippen LogP contribution is -2.31. The summed E-state index contributed by atoms with van der Waals surface area (Å²) in [6.45, 7) is 4.11. The largest absolute Gasteiger partial charge is 0.399 e. The maximum atomic E-state index is 13.8. The lowest BCUT2D eigenvalue weighted by Gasteiger charge is -2.22. The van der Waals surface area contributed by atoms with Crippen molar-refractivity contribution in [2.75, 3.05) is 17.2 Å². The Morgan fingerprint density at radius 3 is 2.65 bits per heavy atom. The van der Waals surface area contributed by atoms with E-state index in [2.05, 4.69) is 0 Å². The van der Waals surface area contributed by atoms with Crippen LogP contribution in [0, 0.1) is 12.7 Å². The molecule has 2 aromatic rings. The van der Waals surface area contributed by atoms with E-state index in [9.17, 15) is 9.18 Å². The zero-order chi connectivity index (χ0) is 14.7. The third-order valence-corrected chi connectivity index (χ3v) is 3.10. The fraction of sp³-hybridized carbons (Fsp3) is 0.188. The highest BCUT2D eigenvalue weighted by atomic mass is 19.1. The van der Waals surface area contributed by atoms with Crippen LogP contribution in [0.4, 0.5) is 15.8 Å². The van der Waals surface area contributed by atoms with Crippen LogP contribution in [-0.2, 0) is 0 Å². The number of halogens is 1. The van der Waals surface area contributed by atoms with Crippen LogP contribution in [0.5, 0.6) is 0 Å². The number of aryl methyl sites for hydroxylation is 1. The zero-order valence-electron chi connectivity index (χ0n) is 11.6. The average Bonchev–Trinajstić information content (AvgIpc) is 2.42. The average molecular weight is 272 g/mol. The van der Waals surface area contributed by atoms with Crippen molar-refractivity contribution < 1.29 is 9.18 Å². The molecule has 2 aromatic carbocycles. The second kappa shape index (κ2) is 5.74. The molecule has 0 spiro atoms. The van der Waals surface area contributed by atoms with E-state index in [4.69, 9.17) is 5.73 Å². The van der Waals surface area contributed by atoms with Crippen molar-refractivity contribution in [3.8, 4) is 0 Å². The van der Waals surface area contributed by atoms with Crippen molar-refractivity contribution >= 4 is 17.3 Å². The first-order valence-electron chi connectivity index (χ1n) is 6.46. The predicted molar refractivity (Wildman–Crippen MR) is 79.3 cm³/mol. The van der Waals surface area contributed by atoms with Crippen molar-refractivity contribution in [1.29, 1.82) is 0 Å². The molecule has 0 aliphatic heterocycles. The molecule has 0 aromatic heterocycles. The normalized spacial score (nSPS) is 10.3. The molecule has 0 atom stereocenters. The number of nitrogen functional groups attached to an aromatic ring is 1. The number of carbonyl (C=O) groups is 1. The van der Waals surface area contributed by atoms with E-state index in [1.165, 1.54) is 11.0 Å². The lowest BCUT2D eigenvalue weighted by molar-refractivity contribution is 0.0984. The minimum atomic E-state index is -0.511. The number of rotatable bonds is 3. The first kappa shape index (κ1) is 14.1. The number of anilines is 2. The number of carbonyl (C=O) groups excluding carboxylic acids is 1. The van der Waals surface area contributed by atoms with Gasteiger partial charge in [-0.15, -0.1) is 0 Å². The summed E-state index contributed by atoms with van der Waals surface area (Å²) >= 11 is 0. The Balaban J connectivity index is 2.41. The summed E-state index contributed by atoms with van der Waals surface area (Å²) in [7, 11) is 0. The minimum absolute atomic E-state index is 0.0780. The highest BCUT2D eigenvalue weighted by Crippen LogP contribution is 2.21. The molecule has 0 unspecified atom stereocenters. The smallest absolute Gasteiger partial charge is 0.261 e. The van der Waals surface area contributed by atoms with E-state index in [0.29, 0.717) is 17.9 Å². The second-order valence-corrected chi connectivity index (χ2v) is 4.63. The van der Waals surface area contributed by atoms with Gasteiger partial charge in [-0.05, 0) is 44.2 Å². The summed E-state index contributed by atoms with van der Waals surface area (Å²) in [5.41, 5.74) is 7.89. The van der Waals surface area contributed by atoms with Gasteiger partial charge in [0, 0.05) is 17.9 Å². The van der Waals surface area contributed by atoms with Crippen LogP contribution in [0.15, 0.2) is 42.5 Å². The quantitative estimate of drug-likeness (QED) is 0.871. The molecule has 0 aliphatic rings. The van der Waals surface area contributed by atoms with Crippen LogP contribution in [0.25, 0.3) is 0 Å². The monoisotopic (exact) mass is 272 g/mol. The molecular weight excluding hydrogens is 255 g/mol. The molecule has 20 heavy (non-hydrogen) atoms. The Morgan fingerprint density at radius 2 is 2.00 bits per heavy atom. The molecule has 104 valence electrons. The summed E-state index contributed by atoms with van der Waals surface area (Å²) in [4.78, 5) is 14.0. The van der Waals surface area contributed by atoms with E-state index in [-0.39, 0.29) is 11.5 Å². The molecule has 1 amide bonds. The van der Waals surface area contributed by atoms with E-state index in [1.807, 2.05) is 13.8 Å². The maximum absolute atomic E-state index is 13.8. The number of hydrogen-bond donors (Lipinski definition) is 1. The molecule has 0 aliphatic carbocycles. The third-order valence-electron chi connectivity index (χ3n) is 3.10. The molecule has 0 saturated carbocycles. The van der Waals surface area contributed by atoms with Crippen LogP contribution >= 0.6 is 0 Å². The van der Waals surface area contributed by atoms with Gasteiger partial charge in [-0.1, -0.05) is 17.7 Å². The Morgan fingerprint density at radius 1 is 1.25 bits per heavy atom. The lowest BCUT2D eigenvalue weighted by atomic mass is 10.1. The first-order valence-corrected chi connectivity index (χ1v) is 6.46. The number of benzene rings is 2. The number of amides is 1. The summed E-state index contributed by atoms with van der Waals surface area (Å²) in [6.07, 6.45) is 0. The summed E-state index contributed by atoms with van der Waals surface area (Å²) < 4.78 is 13.8. The van der Waals surface area contributed by atoms with Gasteiger partial charge in [0.05, 0.1) is 5.56 Å². The number of nitrogens with zero attached hydrogens (tertiary/aromatic N) is 1. The van der Waals surface area contributed by atoms with Gasteiger partial charge in [-0.25, -0.2) is 4.39 Å². The van der Waals surface area contributed by atoms with Gasteiger partial charge in [-0.3, -0.25) is 4.79 Å². The summed E-state index contributed by atoms with van der Waals surface area (Å²) in [5, 5.41) is 0. The molecule has 0 radical (unpaired) electrons. The highest BCUT2D eigenvalue weighted by molar-refractivity contribution is 6.06. The van der Waals surface area contributed by atoms with Gasteiger partial charge in [0.1, 0.15) is 5.82 Å². The van der Waals surface area contributed by atoms with Crippen LogP contribution < -0.4 is 10.6 Å². The van der Waals surface area contributed by atoms with Gasteiger partial charge in [0.15, 0.2) is 0 Å². The van der Waals surface area contributed by atoms with Crippen molar-refractivity contribution in [1.82, 2.24) is 0 Å². The molecule has 4 heteroatoms. The van der Waals surface area contributed by atoms with Gasteiger partial charge in [0.2, 0.25) is 0 Å². The van der Waals surface area contributed by atoms with Crippen molar-refractivity contribution in [3.05, 3.63) is 59.4 Å². The fourth-order valence-electron chi connectivity index (χ4n) is 2.08. The Bertz CT molecular complexity index is 640. The van der Waals surface area contributed by atoms with Gasteiger partial charge in [0.25, 0.3) is 5.91 Å². The zero-order valence-corrected chi connectivity index (χ0v) is 11.6. The fourth-order valence-corrected chi connectivity index (χ4v) is 2.08. The molecule has 2 rings (SSSR count). The Hall–Kier alpha value is -2.36. The molecule has 0 saturated heterocycles. The van der Waals surface area contributed by atoms with Crippen LogP contribution in [0.1, 0.15) is 22.8 Å². The Labute approximate surface area is 117 Å². The molecule has 0 fully saturated rings. The highest BCUT2D eigenvalue weighted by Gasteiger charge is 2.19. The van der Waals surface area contributed by atoms with Crippen molar-refractivity contribution in [2.24, 2.45) is 0 Å². The molecule has 0 bridgehead atoms. The van der Waals surface area contributed by atoms with E-state index >= 15 is 0 Å². The van der Waals surface area contributed by atoms with E-state index in [1.54, 1.807) is 36.4 Å². The van der Waals surface area contributed by atoms with Crippen LogP contribution in [0.3, 0.4) is 0 Å². The molecule has 2 N–H and O–H groups in total. The summed E-state index contributed by atoms with van der Waals surface area (Å²) in [6, 6.07) is 11.5. The molecule has 0 heterocycles. The topological polar surface area (TPSA) is 46.3 Å². The van der Waals surface area contributed by atoms with E-state index in [0.717, 1.165) is 5.56 Å². The number of nitrogens with two attached hydrogens (primary N) is 1. The maximum Gasteiger partial charge on any atom is 0.261 e. The predicted octanol–water partition coefficient (Wildman–Crippen LogP) is 3.38. The SMILES string of the molecule is CCN(C(=O)c1cc(C)ccc1F)c1cccc(N)c1. The number of hydrogen-bond acceptors (Lipinski definition) is 2. The standard InChI is InChI=1S/C16H17FN2O/c1-3-19(13-6-4-5-12(18)10-13)16(20)14-9-11(2)7-8-15(14)17/h4-10H,3,18H2,1-2H3. The Kier molecular flexibility index (Phi) is 4.03. The van der Waals surface area contributed by atoms with Gasteiger partial charge < -0.3 is 10.6 Å². The van der Waals surface area contributed by atoms with Crippen LogP contribution in [-0.4, -0.2) is 12.5 Å². The van der Waals surface area contributed by atoms with Crippen molar-refractivity contribution in [3.63, 3.8) is 0 Å². The third kappa shape index (κ3) is 2.79. The van der Waals surface area contributed by atoms with Gasteiger partial charge in [-0.2, -0.15) is 0 Å². The second-order valence-electron chi connectivity index (χ2n) is 4.63. The minimum Gasteiger partial charge on any atom is -0.399 e. The van der Waals surface area contributed by atoms with Crippen LogP contribution in [0.2, 0.25) is 0 Å².